The summed E-state index contributed by atoms with van der Waals surface area (Å²) in [6, 6.07) is 12.8. The van der Waals surface area contributed by atoms with Crippen LogP contribution in [0.15, 0.2) is 42.5 Å². The van der Waals surface area contributed by atoms with Gasteiger partial charge < -0.3 is 44.5 Å². The molecule has 1 saturated heterocycles. The molecular weight excluding hydrogens is 408 g/mol. The van der Waals surface area contributed by atoms with Crippen molar-refractivity contribution in [3.8, 4) is 0 Å². The molecule has 0 aliphatic carbocycles. The van der Waals surface area contributed by atoms with Crippen LogP contribution in [0.3, 0.4) is 0 Å². The van der Waals surface area contributed by atoms with E-state index in [1.165, 1.54) is 0 Å². The van der Waals surface area contributed by atoms with Crippen molar-refractivity contribution in [1.82, 2.24) is 0 Å². The molecule has 5 atom stereocenters. The van der Waals surface area contributed by atoms with Gasteiger partial charge >= 0.3 is 0 Å². The minimum atomic E-state index is -1.83. The van der Waals surface area contributed by atoms with Gasteiger partial charge in [-0.05, 0) is 10.8 Å². The Balaban J connectivity index is 1.84. The maximum atomic E-state index is 11.0. The van der Waals surface area contributed by atoms with Crippen LogP contribution in [-0.4, -0.2) is 96.2 Å². The summed E-state index contributed by atoms with van der Waals surface area (Å²) in [5.41, 5.74) is 0.466. The van der Waals surface area contributed by atoms with Gasteiger partial charge in [-0.1, -0.05) is 42.5 Å². The predicted octanol–water partition coefficient (Wildman–Crippen LogP) is -0.492. The molecule has 0 bridgehead atoms. The van der Waals surface area contributed by atoms with Crippen molar-refractivity contribution in [3.63, 3.8) is 0 Å². The molecule has 31 heavy (non-hydrogen) atoms. The average Bonchev–Trinajstić information content (AvgIpc) is 2.80. The number of aliphatic hydroxyl groups excluding tert-OH is 5. The van der Waals surface area contributed by atoms with E-state index in [4.69, 9.17) is 24.1 Å². The van der Waals surface area contributed by atoms with Gasteiger partial charge in [0.15, 0.2) is 0 Å². The molecule has 9 heteroatoms. The van der Waals surface area contributed by atoms with Gasteiger partial charge in [0.2, 0.25) is 5.79 Å². The van der Waals surface area contributed by atoms with E-state index in [1.54, 1.807) is 12.1 Å². The fourth-order valence-corrected chi connectivity index (χ4v) is 3.73. The number of hydrogen-bond donors (Lipinski definition) is 5. The van der Waals surface area contributed by atoms with E-state index in [9.17, 15) is 20.4 Å². The van der Waals surface area contributed by atoms with Crippen LogP contribution in [-0.2, 0) is 24.7 Å². The van der Waals surface area contributed by atoms with Gasteiger partial charge in [-0.25, -0.2) is 0 Å². The van der Waals surface area contributed by atoms with Crippen LogP contribution < -0.4 is 0 Å². The fraction of sp³-hybridized carbons (Fsp3) is 0.545. The molecule has 1 aliphatic heterocycles. The monoisotopic (exact) mass is 438 g/mol. The molecule has 1 aliphatic rings. The van der Waals surface area contributed by atoms with Gasteiger partial charge in [-0.3, -0.25) is 0 Å². The molecule has 0 unspecified atom stereocenters. The zero-order valence-electron chi connectivity index (χ0n) is 17.2. The molecule has 9 nitrogen and oxygen atoms in total. The average molecular weight is 438 g/mol. The fourth-order valence-electron chi connectivity index (χ4n) is 3.73. The highest BCUT2D eigenvalue weighted by Gasteiger charge is 2.56. The van der Waals surface area contributed by atoms with Gasteiger partial charge in [0, 0.05) is 5.56 Å². The van der Waals surface area contributed by atoms with Gasteiger partial charge in [0.05, 0.1) is 46.2 Å². The largest absolute Gasteiger partial charge is 0.394 e. The Morgan fingerprint density at radius 1 is 0.806 bits per heavy atom. The lowest BCUT2D eigenvalue weighted by molar-refractivity contribution is -0.374. The second kappa shape index (κ2) is 11.3. The van der Waals surface area contributed by atoms with E-state index < -0.39 is 36.8 Å². The summed E-state index contributed by atoms with van der Waals surface area (Å²) in [6.45, 7) is 0.341. The highest BCUT2D eigenvalue weighted by atomic mass is 16.7. The first-order chi connectivity index (χ1) is 15.0. The third-order valence-corrected chi connectivity index (χ3v) is 5.27. The predicted molar refractivity (Wildman–Crippen MR) is 110 cm³/mol. The first kappa shape index (κ1) is 24.0. The molecule has 0 radical (unpaired) electrons. The minimum absolute atomic E-state index is 0.00124. The Bertz CT molecular complexity index is 809. The van der Waals surface area contributed by atoms with Crippen LogP contribution in [0.1, 0.15) is 5.56 Å². The number of fused-ring (bicyclic) bond motifs is 1. The van der Waals surface area contributed by atoms with Gasteiger partial charge in [-0.15, -0.1) is 0 Å². The van der Waals surface area contributed by atoms with Gasteiger partial charge in [0.1, 0.15) is 24.4 Å². The van der Waals surface area contributed by atoms with Crippen molar-refractivity contribution in [2.24, 2.45) is 0 Å². The van der Waals surface area contributed by atoms with Crippen molar-refractivity contribution in [2.45, 2.75) is 30.2 Å². The Morgan fingerprint density at radius 2 is 1.48 bits per heavy atom. The first-order valence-electron chi connectivity index (χ1n) is 10.3. The summed E-state index contributed by atoms with van der Waals surface area (Å²) in [6.07, 6.45) is -5.86. The third kappa shape index (κ3) is 5.23. The Morgan fingerprint density at radius 3 is 2.23 bits per heavy atom. The first-order valence-corrected chi connectivity index (χ1v) is 10.3. The summed E-state index contributed by atoms with van der Waals surface area (Å²) in [4.78, 5) is 0. The Kier molecular flexibility index (Phi) is 8.73. The van der Waals surface area contributed by atoms with E-state index in [1.807, 2.05) is 30.3 Å². The molecule has 1 fully saturated rings. The normalized spacial score (nSPS) is 28.8. The second-order valence-corrected chi connectivity index (χ2v) is 7.26. The van der Waals surface area contributed by atoms with Gasteiger partial charge in [-0.2, -0.15) is 0 Å². The highest BCUT2D eigenvalue weighted by molar-refractivity contribution is 5.86. The molecule has 1 heterocycles. The maximum absolute atomic E-state index is 11.0. The number of aliphatic hydroxyl groups is 5. The lowest BCUT2D eigenvalue weighted by Crippen LogP contribution is -2.64. The number of benzene rings is 2. The quantitative estimate of drug-likeness (QED) is 0.294. The van der Waals surface area contributed by atoms with E-state index in [0.717, 1.165) is 10.8 Å². The molecule has 3 rings (SSSR count). The molecule has 2 aromatic rings. The Hall–Kier alpha value is -1.66. The molecule has 2 aromatic carbocycles. The summed E-state index contributed by atoms with van der Waals surface area (Å²) >= 11 is 0. The standard InChI is InChI=1S/C22H30O9/c23-8-9-28-10-11-29-12-13-30-22(21(27)20(26)19(25)18(14-24)31-22)17-7-3-5-15-4-1-2-6-16(15)17/h1-7,18-21,23-27H,8-14H2/t18-,19+,20+,21-,22+/m1/s1. The van der Waals surface area contributed by atoms with Gasteiger partial charge in [0.25, 0.3) is 0 Å². The van der Waals surface area contributed by atoms with Crippen molar-refractivity contribution in [1.29, 1.82) is 0 Å². The Labute approximate surface area is 180 Å². The van der Waals surface area contributed by atoms with Crippen LogP contribution in [0, 0.1) is 0 Å². The number of hydrogen-bond acceptors (Lipinski definition) is 9. The highest BCUT2D eigenvalue weighted by Crippen LogP contribution is 2.42. The third-order valence-electron chi connectivity index (χ3n) is 5.27. The summed E-state index contributed by atoms with van der Waals surface area (Å²) < 4.78 is 22.5. The lowest BCUT2D eigenvalue weighted by atomic mass is 9.86. The molecule has 0 saturated carbocycles. The number of ether oxygens (including phenoxy) is 4. The van der Waals surface area contributed by atoms with E-state index >= 15 is 0 Å². The zero-order chi connectivity index (χ0) is 22.3. The number of rotatable bonds is 11. The van der Waals surface area contributed by atoms with Crippen molar-refractivity contribution in [3.05, 3.63) is 48.0 Å². The molecule has 0 aromatic heterocycles. The smallest absolute Gasteiger partial charge is 0.225 e. The van der Waals surface area contributed by atoms with Crippen LogP contribution in [0.25, 0.3) is 10.8 Å². The van der Waals surface area contributed by atoms with Crippen molar-refractivity contribution < 1.29 is 44.5 Å². The molecule has 172 valence electrons. The molecular formula is C22H30O9. The van der Waals surface area contributed by atoms with Crippen molar-refractivity contribution >= 4 is 10.8 Å². The summed E-state index contributed by atoms with van der Waals surface area (Å²) in [7, 11) is 0. The summed E-state index contributed by atoms with van der Waals surface area (Å²) in [5, 5.41) is 51.6. The van der Waals surface area contributed by atoms with Crippen molar-refractivity contribution in [2.75, 3.05) is 46.2 Å². The van der Waals surface area contributed by atoms with E-state index in [-0.39, 0.29) is 33.0 Å². The van der Waals surface area contributed by atoms with Crippen LogP contribution in [0.4, 0.5) is 0 Å². The lowest BCUT2D eigenvalue weighted by Gasteiger charge is -2.48. The SMILES string of the molecule is OCCOCCOCCO[C@@]1(c2cccc3ccccc23)O[C@H](CO)[C@H](O)[C@H](O)[C@H]1O. The van der Waals surface area contributed by atoms with E-state index in [0.29, 0.717) is 12.2 Å². The minimum Gasteiger partial charge on any atom is -0.394 e. The summed E-state index contributed by atoms with van der Waals surface area (Å²) in [5.74, 6) is -1.83. The van der Waals surface area contributed by atoms with Crippen LogP contribution in [0.5, 0.6) is 0 Å². The van der Waals surface area contributed by atoms with Crippen LogP contribution in [0.2, 0.25) is 0 Å². The van der Waals surface area contributed by atoms with Crippen LogP contribution >= 0.6 is 0 Å². The maximum Gasteiger partial charge on any atom is 0.225 e. The molecule has 0 spiro atoms. The van der Waals surface area contributed by atoms with E-state index in [2.05, 4.69) is 0 Å². The molecule has 0 amide bonds. The second-order valence-electron chi connectivity index (χ2n) is 7.26. The topological polar surface area (TPSA) is 138 Å². The zero-order valence-corrected chi connectivity index (χ0v) is 17.2. The molecule has 5 N–H and O–H groups in total.